The zero-order valence-electron chi connectivity index (χ0n) is 48.8. The molecule has 0 saturated carbocycles. The number of hydrogen-bond acceptors (Lipinski definition) is 14. The van der Waals surface area contributed by atoms with Crippen molar-refractivity contribution in [2.45, 2.75) is 205 Å². The second-order valence-corrected chi connectivity index (χ2v) is 22.1. The van der Waals surface area contributed by atoms with E-state index in [0.717, 1.165) is 12.8 Å². The van der Waals surface area contributed by atoms with E-state index < -0.39 is 79.2 Å². The van der Waals surface area contributed by atoms with E-state index in [0.29, 0.717) is 31.9 Å². The van der Waals surface area contributed by atoms with Gasteiger partial charge in [0.2, 0.25) is 0 Å². The molecular weight excluding hydrogens is 1020 g/mol. The van der Waals surface area contributed by atoms with Gasteiger partial charge in [-0.2, -0.15) is 0 Å². The summed E-state index contributed by atoms with van der Waals surface area (Å²) in [6, 6.07) is 0. The predicted molar refractivity (Wildman–Crippen MR) is 324 cm³/mol. The van der Waals surface area contributed by atoms with Crippen molar-refractivity contribution >= 4 is 11.7 Å². The Labute approximate surface area is 479 Å². The van der Waals surface area contributed by atoms with E-state index in [4.69, 9.17) is 5.73 Å². The fraction of sp³-hybridized carbons (Fsp3) is 0.594. The Hall–Kier alpha value is -4.66. The molecule has 0 fully saturated rings. The molecule has 0 aliphatic heterocycles. The number of unbranched alkanes of at least 4 members (excludes halogenated alkanes) is 1. The second-order valence-electron chi connectivity index (χ2n) is 22.1. The molecule has 0 radical (unpaired) electrons. The quantitative estimate of drug-likeness (QED) is 0.0102. The molecule has 0 aliphatic rings. The highest BCUT2D eigenvalue weighted by Gasteiger charge is 2.25. The minimum Gasteiger partial charge on any atom is -0.393 e. The Morgan fingerprint density at radius 1 is 0.537 bits per heavy atom. The van der Waals surface area contributed by atoms with Gasteiger partial charge >= 0.3 is 0 Å². The van der Waals surface area contributed by atoms with Gasteiger partial charge in [0.25, 0.3) is 0 Å². The molecular formula is C64H105N3O13. The third-order valence-electron chi connectivity index (χ3n) is 12.8. The SMILES string of the molecule is C=C/C=C/CC/C=C/C(C)C(O)C(C)C(O)/C=C/C=C/C=C/C=C/C=C/C=C/CC(O)C(C)C(=O)CC(O)CC(O)/C=C/CC(O)CC(O)CC(O)/C=C/CC(O)CC(O)/C=C/CC(O)CC(O)CCCNC(N)=NCC(C)(C)C. The van der Waals surface area contributed by atoms with Crippen LogP contribution < -0.4 is 11.1 Å². The first-order valence-corrected chi connectivity index (χ1v) is 28.5. The topological polar surface area (TPSA) is 310 Å². The summed E-state index contributed by atoms with van der Waals surface area (Å²) in [5.41, 5.74) is 5.90. The van der Waals surface area contributed by atoms with Crippen molar-refractivity contribution in [2.24, 2.45) is 33.9 Å². The first-order valence-electron chi connectivity index (χ1n) is 28.5. The average molecular weight is 1120 g/mol. The number of nitrogens with one attached hydrogen (secondary N) is 1. The predicted octanol–water partition coefficient (Wildman–Crippen LogP) is 6.51. The molecule has 0 aromatic heterocycles. The summed E-state index contributed by atoms with van der Waals surface area (Å²) >= 11 is 0. The van der Waals surface area contributed by atoms with Gasteiger partial charge in [0.05, 0.1) is 73.2 Å². The van der Waals surface area contributed by atoms with Crippen molar-refractivity contribution < 1.29 is 66.1 Å². The molecule has 0 saturated heterocycles. The van der Waals surface area contributed by atoms with E-state index in [1.165, 1.54) is 30.4 Å². The number of rotatable bonds is 44. The van der Waals surface area contributed by atoms with Crippen LogP contribution in [0, 0.1) is 23.2 Å². The maximum absolute atomic E-state index is 12.8. The summed E-state index contributed by atoms with van der Waals surface area (Å²) in [6.45, 7) is 16.3. The second kappa shape index (κ2) is 45.9. The van der Waals surface area contributed by atoms with Crippen molar-refractivity contribution in [2.75, 3.05) is 13.1 Å². The Kier molecular flexibility index (Phi) is 43.2. The summed E-state index contributed by atoms with van der Waals surface area (Å²) in [7, 11) is 0. The molecule has 80 heavy (non-hydrogen) atoms. The number of nitrogens with zero attached hydrogens (tertiary/aromatic N) is 1. The lowest BCUT2D eigenvalue weighted by Crippen LogP contribution is -2.33. The molecule has 16 heteroatoms. The number of nitrogens with two attached hydrogens (primary N) is 1. The molecule has 16 nitrogen and oxygen atoms in total. The number of aliphatic hydroxyl groups excluding tert-OH is 12. The number of guanidine groups is 1. The highest BCUT2D eigenvalue weighted by Crippen LogP contribution is 2.20. The Balaban J connectivity index is 4.46. The summed E-state index contributed by atoms with van der Waals surface area (Å²) in [4.78, 5) is 17.1. The van der Waals surface area contributed by atoms with Crippen LogP contribution in [-0.2, 0) is 4.79 Å². The number of aliphatic imine (C=N–C) groups is 1. The molecule has 15 unspecified atom stereocenters. The average Bonchev–Trinajstić information content (AvgIpc) is 3.37. The largest absolute Gasteiger partial charge is 0.393 e. The number of allylic oxidation sites excluding steroid dienone is 14. The zero-order chi connectivity index (χ0) is 60.3. The van der Waals surface area contributed by atoms with Crippen molar-refractivity contribution in [1.29, 1.82) is 0 Å². The molecule has 0 aromatic carbocycles. The van der Waals surface area contributed by atoms with Gasteiger partial charge in [-0.1, -0.05) is 188 Å². The van der Waals surface area contributed by atoms with Crippen LogP contribution >= 0.6 is 0 Å². The van der Waals surface area contributed by atoms with Crippen LogP contribution in [0.15, 0.2) is 151 Å². The lowest BCUT2D eigenvalue weighted by Gasteiger charge is -2.25. The number of carbonyl (C=O) groups is 1. The van der Waals surface area contributed by atoms with Gasteiger partial charge in [-0.05, 0) is 69.6 Å². The lowest BCUT2D eigenvalue weighted by molar-refractivity contribution is -0.127. The van der Waals surface area contributed by atoms with E-state index in [1.807, 2.05) is 74.6 Å². The Morgan fingerprint density at radius 3 is 1.55 bits per heavy atom. The van der Waals surface area contributed by atoms with Crippen molar-refractivity contribution in [3.8, 4) is 0 Å². The number of Topliss-reactive ketones (excluding diaryl/α,β-unsaturated/α-hetero) is 1. The molecule has 0 spiro atoms. The molecule has 0 heterocycles. The van der Waals surface area contributed by atoms with E-state index in [-0.39, 0.29) is 87.2 Å². The third-order valence-corrected chi connectivity index (χ3v) is 12.8. The van der Waals surface area contributed by atoms with Crippen molar-refractivity contribution in [1.82, 2.24) is 5.32 Å². The fourth-order valence-corrected chi connectivity index (χ4v) is 7.89. The van der Waals surface area contributed by atoms with Gasteiger partial charge in [-0.3, -0.25) is 9.79 Å². The molecule has 15 N–H and O–H groups in total. The summed E-state index contributed by atoms with van der Waals surface area (Å²) in [6.07, 6.45) is 32.0. The van der Waals surface area contributed by atoms with Gasteiger partial charge < -0.3 is 72.3 Å². The van der Waals surface area contributed by atoms with E-state index in [2.05, 4.69) is 37.7 Å². The lowest BCUT2D eigenvalue weighted by atomic mass is 9.88. The van der Waals surface area contributed by atoms with E-state index in [1.54, 1.807) is 55.5 Å². The Bertz CT molecular complexity index is 2000. The molecule has 454 valence electrons. The minimum atomic E-state index is -1.16. The molecule has 0 amide bonds. The molecule has 15 atom stereocenters. The zero-order valence-corrected chi connectivity index (χ0v) is 48.8. The summed E-state index contributed by atoms with van der Waals surface area (Å²) < 4.78 is 0. The van der Waals surface area contributed by atoms with Crippen LogP contribution in [0.2, 0.25) is 0 Å². The minimum absolute atomic E-state index is 0.0123. The van der Waals surface area contributed by atoms with Crippen LogP contribution in [0.4, 0.5) is 0 Å². The van der Waals surface area contributed by atoms with Gasteiger partial charge in [-0.15, -0.1) is 0 Å². The highest BCUT2D eigenvalue weighted by molar-refractivity contribution is 5.81. The van der Waals surface area contributed by atoms with Gasteiger partial charge in [0.1, 0.15) is 5.78 Å². The number of aliphatic hydroxyl groups is 12. The smallest absolute Gasteiger partial charge is 0.188 e. The van der Waals surface area contributed by atoms with Crippen molar-refractivity contribution in [3.05, 3.63) is 146 Å². The summed E-state index contributed by atoms with van der Waals surface area (Å²) in [5, 5.41) is 128. The first-order chi connectivity index (χ1) is 37.8. The third kappa shape index (κ3) is 43.1. The molecule has 0 rings (SSSR count). The van der Waals surface area contributed by atoms with Crippen LogP contribution in [0.3, 0.4) is 0 Å². The Morgan fingerprint density at radius 2 is 1.01 bits per heavy atom. The molecule has 0 aromatic rings. The molecule has 0 aliphatic carbocycles. The van der Waals surface area contributed by atoms with Gasteiger partial charge in [-0.25, -0.2) is 0 Å². The number of ketones is 1. The number of carbonyl (C=O) groups excluding carboxylic acids is 1. The van der Waals surface area contributed by atoms with Crippen LogP contribution in [0.1, 0.15) is 131 Å². The maximum Gasteiger partial charge on any atom is 0.188 e. The van der Waals surface area contributed by atoms with Crippen LogP contribution in [0.5, 0.6) is 0 Å². The summed E-state index contributed by atoms with van der Waals surface area (Å²) in [5.74, 6) is -1.17. The monoisotopic (exact) mass is 1120 g/mol. The highest BCUT2D eigenvalue weighted by atomic mass is 16.3. The van der Waals surface area contributed by atoms with Gasteiger partial charge in [0, 0.05) is 56.5 Å². The fourth-order valence-electron chi connectivity index (χ4n) is 7.89. The molecule has 0 bridgehead atoms. The standard InChI is InChI=1S/C64H105N3O13/c1-8-9-10-11-19-22-29-47(2)62(80)49(4)60(78)38-24-21-18-16-14-12-13-15-17-20-23-37-59(77)48(3)61(79)45-58(76)44-55(73)35-27-34-54(72)43-57(75)42-53(71)33-26-32-51(69)40-50(68)30-25-31-52(70)41-56(74)36-28-39-66-63(65)67-46-64(5,6)7/h8-10,12-18,20-27,29-30,33,35,38,47-60,62,68-78,80H,1,11,19,28,31-32,34,36-37,39-46H2,2-7H3,(H3,65,66,67)/b10-9+,13-12+,16-14+,17-15+,21-18+,23-20+,29-22+,30-25+,33-26+,35-27+,38-24+. The number of hydrogen-bond donors (Lipinski definition) is 14. The van der Waals surface area contributed by atoms with E-state index >= 15 is 0 Å². The van der Waals surface area contributed by atoms with Crippen LogP contribution in [-0.4, -0.2) is 159 Å². The first kappa shape index (κ1) is 75.3. The van der Waals surface area contributed by atoms with E-state index in [9.17, 15) is 66.1 Å². The normalized spacial score (nSPS) is 19.4. The van der Waals surface area contributed by atoms with Crippen molar-refractivity contribution in [3.63, 3.8) is 0 Å². The van der Waals surface area contributed by atoms with Crippen LogP contribution in [0.25, 0.3) is 0 Å². The van der Waals surface area contributed by atoms with Gasteiger partial charge in [0.15, 0.2) is 5.96 Å². The maximum atomic E-state index is 12.8.